The van der Waals surface area contributed by atoms with Crippen molar-refractivity contribution >= 4 is 17.6 Å². The molecular formula is C25H21ClN4O3. The molecule has 0 radical (unpaired) electrons. The van der Waals surface area contributed by atoms with Crippen molar-refractivity contribution in [3.8, 4) is 22.7 Å². The van der Waals surface area contributed by atoms with Gasteiger partial charge in [0.2, 0.25) is 0 Å². The number of imidazole rings is 1. The Bertz CT molecular complexity index is 1350. The van der Waals surface area contributed by atoms with Crippen molar-refractivity contribution < 1.29 is 14.3 Å². The van der Waals surface area contributed by atoms with Crippen LogP contribution < -0.4 is 4.74 Å². The van der Waals surface area contributed by atoms with Crippen molar-refractivity contribution in [1.29, 1.82) is 0 Å². The Morgan fingerprint density at radius 3 is 2.70 bits per heavy atom. The summed E-state index contributed by atoms with van der Waals surface area (Å²) >= 11 is 6.40. The minimum atomic E-state index is -0.460. The normalized spacial score (nSPS) is 11.7. The fourth-order valence-electron chi connectivity index (χ4n) is 4.16. The average molecular weight is 461 g/mol. The molecule has 1 aliphatic heterocycles. The second kappa shape index (κ2) is 8.67. The van der Waals surface area contributed by atoms with E-state index < -0.39 is 5.97 Å². The standard InChI is InChI=1S/C25H21ClN4O3/c1-3-33-25(31)24-20-12-17-13-27-22(10-15-4-7-18(32-2)8-5-15)30(17)21-11-16(26)6-9-19(21)23(20)28-14-29-24/h4-9,11,13-14H,3,10,12H2,1-2H3. The molecule has 2 aromatic heterocycles. The number of carbonyl (C=O) groups excluding carboxylic acids is 1. The minimum absolute atomic E-state index is 0.272. The third-order valence-corrected chi connectivity index (χ3v) is 5.89. The van der Waals surface area contributed by atoms with Gasteiger partial charge in [-0.1, -0.05) is 23.7 Å². The van der Waals surface area contributed by atoms with Gasteiger partial charge < -0.3 is 9.47 Å². The summed E-state index contributed by atoms with van der Waals surface area (Å²) in [6.07, 6.45) is 4.29. The van der Waals surface area contributed by atoms with Crippen LogP contribution in [0.15, 0.2) is 55.0 Å². The highest BCUT2D eigenvalue weighted by Gasteiger charge is 2.28. The van der Waals surface area contributed by atoms with Crippen molar-refractivity contribution in [1.82, 2.24) is 19.5 Å². The van der Waals surface area contributed by atoms with E-state index in [0.717, 1.165) is 34.1 Å². The van der Waals surface area contributed by atoms with Crippen LogP contribution in [0.2, 0.25) is 5.02 Å². The van der Waals surface area contributed by atoms with Crippen molar-refractivity contribution in [2.24, 2.45) is 0 Å². The van der Waals surface area contributed by atoms with Gasteiger partial charge in [-0.15, -0.1) is 0 Å². The van der Waals surface area contributed by atoms with E-state index >= 15 is 0 Å². The predicted molar refractivity (Wildman–Crippen MR) is 124 cm³/mol. The zero-order chi connectivity index (χ0) is 22.9. The maximum absolute atomic E-state index is 12.6. The number of benzene rings is 2. The van der Waals surface area contributed by atoms with E-state index in [9.17, 15) is 4.79 Å². The van der Waals surface area contributed by atoms with E-state index in [-0.39, 0.29) is 12.3 Å². The van der Waals surface area contributed by atoms with Gasteiger partial charge in [0.15, 0.2) is 5.69 Å². The fraction of sp³-hybridized carbons (Fsp3) is 0.200. The number of hydrogen-bond donors (Lipinski definition) is 0. The van der Waals surface area contributed by atoms with Gasteiger partial charge in [-0.2, -0.15) is 0 Å². The van der Waals surface area contributed by atoms with Crippen LogP contribution in [0.4, 0.5) is 0 Å². The number of hydrogen-bond acceptors (Lipinski definition) is 6. The van der Waals surface area contributed by atoms with Gasteiger partial charge in [0.1, 0.15) is 17.9 Å². The van der Waals surface area contributed by atoms with Crippen LogP contribution in [0.3, 0.4) is 0 Å². The molecule has 1 aliphatic rings. The molecule has 0 spiro atoms. The largest absolute Gasteiger partial charge is 0.497 e. The molecule has 4 aromatic rings. The molecule has 0 saturated carbocycles. The molecule has 5 rings (SSSR count). The van der Waals surface area contributed by atoms with Crippen LogP contribution in [0.5, 0.6) is 5.75 Å². The van der Waals surface area contributed by atoms with Crippen LogP contribution in [-0.4, -0.2) is 39.2 Å². The first-order chi connectivity index (χ1) is 16.1. The molecule has 0 N–H and O–H groups in total. The summed E-state index contributed by atoms with van der Waals surface area (Å²) in [5.74, 6) is 1.20. The molecule has 166 valence electrons. The van der Waals surface area contributed by atoms with Crippen LogP contribution in [0, 0.1) is 0 Å². The lowest BCUT2D eigenvalue weighted by Crippen LogP contribution is -2.12. The lowest BCUT2D eigenvalue weighted by atomic mass is 10.0. The molecule has 0 bridgehead atoms. The van der Waals surface area contributed by atoms with Gasteiger partial charge in [-0.3, -0.25) is 4.57 Å². The lowest BCUT2D eigenvalue weighted by molar-refractivity contribution is 0.0518. The van der Waals surface area contributed by atoms with E-state index in [1.807, 2.05) is 48.7 Å². The van der Waals surface area contributed by atoms with Crippen molar-refractivity contribution in [3.63, 3.8) is 0 Å². The van der Waals surface area contributed by atoms with Gasteiger partial charge in [0, 0.05) is 40.9 Å². The molecule has 33 heavy (non-hydrogen) atoms. The quantitative estimate of drug-likeness (QED) is 0.355. The zero-order valence-corrected chi connectivity index (χ0v) is 19.0. The molecule has 0 unspecified atom stereocenters. The van der Waals surface area contributed by atoms with Gasteiger partial charge in [-0.05, 0) is 42.8 Å². The highest BCUT2D eigenvalue weighted by Crippen LogP contribution is 2.37. The Kier molecular flexibility index (Phi) is 5.56. The molecule has 0 saturated heterocycles. The third kappa shape index (κ3) is 3.85. The Balaban J connectivity index is 1.67. The van der Waals surface area contributed by atoms with Crippen LogP contribution in [-0.2, 0) is 17.6 Å². The summed E-state index contributed by atoms with van der Waals surface area (Å²) in [4.78, 5) is 26.2. The van der Waals surface area contributed by atoms with Crippen molar-refractivity contribution in [2.45, 2.75) is 19.8 Å². The topological polar surface area (TPSA) is 79.1 Å². The molecule has 0 aliphatic carbocycles. The first-order valence-electron chi connectivity index (χ1n) is 10.6. The minimum Gasteiger partial charge on any atom is -0.497 e. The highest BCUT2D eigenvalue weighted by atomic mass is 35.5. The number of esters is 1. The molecule has 3 heterocycles. The first-order valence-corrected chi connectivity index (χ1v) is 11.0. The van der Waals surface area contributed by atoms with Gasteiger partial charge in [0.25, 0.3) is 0 Å². The Labute approximate surface area is 196 Å². The lowest BCUT2D eigenvalue weighted by Gasteiger charge is -2.14. The maximum Gasteiger partial charge on any atom is 0.357 e. The van der Waals surface area contributed by atoms with Crippen molar-refractivity contribution in [3.05, 3.63) is 88.4 Å². The second-order valence-electron chi connectivity index (χ2n) is 7.63. The maximum atomic E-state index is 12.6. The van der Waals surface area contributed by atoms with Crippen LogP contribution in [0.25, 0.3) is 16.9 Å². The highest BCUT2D eigenvalue weighted by molar-refractivity contribution is 6.30. The van der Waals surface area contributed by atoms with E-state index in [1.165, 1.54) is 6.33 Å². The summed E-state index contributed by atoms with van der Waals surface area (Å²) in [5, 5.41) is 0.604. The summed E-state index contributed by atoms with van der Waals surface area (Å²) in [5.41, 5.74) is 5.42. The zero-order valence-electron chi connectivity index (χ0n) is 18.2. The van der Waals surface area contributed by atoms with Crippen LogP contribution in [0.1, 0.15) is 40.1 Å². The smallest absolute Gasteiger partial charge is 0.357 e. The molecule has 0 fully saturated rings. The van der Waals surface area contributed by atoms with E-state index in [0.29, 0.717) is 29.1 Å². The molecule has 0 atom stereocenters. The predicted octanol–water partition coefficient (Wildman–Crippen LogP) is 4.66. The monoisotopic (exact) mass is 460 g/mol. The van der Waals surface area contributed by atoms with E-state index in [2.05, 4.69) is 14.5 Å². The van der Waals surface area contributed by atoms with E-state index in [4.69, 9.17) is 26.1 Å². The number of halogens is 1. The Hall–Kier alpha value is -3.71. The van der Waals surface area contributed by atoms with Crippen molar-refractivity contribution in [2.75, 3.05) is 13.7 Å². The number of fused-ring (bicyclic) bond motifs is 5. The van der Waals surface area contributed by atoms with Crippen LogP contribution >= 0.6 is 11.6 Å². The Morgan fingerprint density at radius 1 is 1.12 bits per heavy atom. The summed E-state index contributed by atoms with van der Waals surface area (Å²) < 4.78 is 12.6. The number of nitrogens with zero attached hydrogens (tertiary/aromatic N) is 4. The number of aromatic nitrogens is 4. The number of ether oxygens (including phenoxy) is 2. The van der Waals surface area contributed by atoms with E-state index in [1.54, 1.807) is 14.0 Å². The average Bonchev–Trinajstić information content (AvgIpc) is 3.15. The number of rotatable bonds is 5. The summed E-state index contributed by atoms with van der Waals surface area (Å²) in [6.45, 7) is 2.04. The molecule has 7 nitrogen and oxygen atoms in total. The summed E-state index contributed by atoms with van der Waals surface area (Å²) in [6, 6.07) is 13.6. The second-order valence-corrected chi connectivity index (χ2v) is 8.07. The fourth-order valence-corrected chi connectivity index (χ4v) is 4.32. The summed E-state index contributed by atoms with van der Waals surface area (Å²) in [7, 11) is 1.65. The molecular weight excluding hydrogens is 440 g/mol. The Morgan fingerprint density at radius 2 is 1.94 bits per heavy atom. The molecule has 8 heteroatoms. The van der Waals surface area contributed by atoms with Gasteiger partial charge in [-0.25, -0.2) is 19.7 Å². The van der Waals surface area contributed by atoms with Gasteiger partial charge in [0.05, 0.1) is 25.1 Å². The molecule has 2 aromatic carbocycles. The molecule has 0 amide bonds. The number of methoxy groups -OCH3 is 1. The first kappa shape index (κ1) is 21.2. The number of carbonyl (C=O) groups is 1. The SMILES string of the molecule is CCOC(=O)c1ncnc2c1Cc1cnc(Cc3ccc(OC)cc3)n1-c1cc(Cl)ccc1-2. The van der Waals surface area contributed by atoms with Gasteiger partial charge >= 0.3 is 5.97 Å². The third-order valence-electron chi connectivity index (χ3n) is 5.66.